The molecule has 0 radical (unpaired) electrons. The van der Waals surface area contributed by atoms with Gasteiger partial charge < -0.3 is 9.30 Å². The van der Waals surface area contributed by atoms with Crippen molar-refractivity contribution in [2.45, 2.75) is 0 Å². The molecule has 6 heteroatoms. The summed E-state index contributed by atoms with van der Waals surface area (Å²) in [5, 5.41) is 1.41. The van der Waals surface area contributed by atoms with E-state index in [1.54, 1.807) is 24.5 Å². The van der Waals surface area contributed by atoms with Crippen LogP contribution in [0.25, 0.3) is 22.2 Å². The molecule has 106 valence electrons. The van der Waals surface area contributed by atoms with Crippen LogP contribution in [0.4, 0.5) is 0 Å². The zero-order valence-corrected chi connectivity index (χ0v) is 12.3. The smallest absolute Gasteiger partial charge is 0.339 e. The largest absolute Gasteiger partial charge is 0.465 e. The summed E-state index contributed by atoms with van der Waals surface area (Å²) in [6.07, 6.45) is 4.91. The number of rotatable bonds is 2. The molecule has 0 atom stereocenters. The minimum Gasteiger partial charge on any atom is -0.465 e. The molecule has 0 unspecified atom stereocenters. The number of hydrogen-bond acceptors (Lipinski definition) is 4. The summed E-state index contributed by atoms with van der Waals surface area (Å²) < 4.78 is 6.71. The molecule has 0 aromatic carbocycles. The number of methoxy groups -OCH3 is 1. The topological polar surface area (TPSA) is 57.0 Å². The maximum atomic E-state index is 11.6. The Labute approximate surface area is 126 Å². The van der Waals surface area contributed by atoms with E-state index >= 15 is 0 Å². The molecule has 3 rings (SSSR count). The van der Waals surface area contributed by atoms with Crippen molar-refractivity contribution >= 4 is 28.5 Å². The molecule has 0 saturated heterocycles. The highest BCUT2D eigenvalue weighted by Crippen LogP contribution is 2.28. The van der Waals surface area contributed by atoms with Crippen LogP contribution in [0.1, 0.15) is 10.4 Å². The molecule has 0 bridgehead atoms. The van der Waals surface area contributed by atoms with E-state index in [2.05, 4.69) is 9.97 Å². The summed E-state index contributed by atoms with van der Waals surface area (Å²) in [7, 11) is 3.28. The highest BCUT2D eigenvalue weighted by Gasteiger charge is 2.12. The molecular weight excluding hydrogens is 290 g/mol. The predicted molar refractivity (Wildman–Crippen MR) is 80.3 cm³/mol. The van der Waals surface area contributed by atoms with Crippen LogP contribution in [-0.2, 0) is 11.8 Å². The lowest BCUT2D eigenvalue weighted by Gasteiger charge is -2.05. The van der Waals surface area contributed by atoms with Crippen LogP contribution in [-0.4, -0.2) is 27.6 Å². The number of halogens is 1. The number of hydrogen-bond donors (Lipinski definition) is 0. The Morgan fingerprint density at radius 2 is 2.05 bits per heavy atom. The molecule has 0 aliphatic rings. The van der Waals surface area contributed by atoms with Gasteiger partial charge in [-0.05, 0) is 18.2 Å². The molecule has 0 fully saturated rings. The molecule has 0 amide bonds. The van der Waals surface area contributed by atoms with Crippen molar-refractivity contribution in [3.05, 3.63) is 47.5 Å². The fourth-order valence-corrected chi connectivity index (χ4v) is 2.44. The van der Waals surface area contributed by atoms with Gasteiger partial charge in [0.25, 0.3) is 0 Å². The molecular formula is C15H12ClN3O2. The Kier molecular flexibility index (Phi) is 3.35. The van der Waals surface area contributed by atoms with Crippen molar-refractivity contribution < 1.29 is 9.53 Å². The quantitative estimate of drug-likeness (QED) is 0.539. The molecule has 5 nitrogen and oxygen atoms in total. The summed E-state index contributed by atoms with van der Waals surface area (Å²) in [6.45, 7) is 0. The zero-order valence-electron chi connectivity index (χ0n) is 11.5. The van der Waals surface area contributed by atoms with Crippen molar-refractivity contribution in [2.75, 3.05) is 7.11 Å². The van der Waals surface area contributed by atoms with E-state index in [0.717, 1.165) is 22.2 Å². The average Bonchev–Trinajstić information content (AvgIpc) is 2.83. The number of pyridine rings is 2. The number of nitrogens with zero attached hydrogens (tertiary/aromatic N) is 3. The summed E-state index contributed by atoms with van der Waals surface area (Å²) >= 11 is 5.93. The number of aryl methyl sites for hydroxylation is 1. The van der Waals surface area contributed by atoms with E-state index in [1.165, 1.54) is 13.3 Å². The second kappa shape index (κ2) is 5.18. The van der Waals surface area contributed by atoms with Gasteiger partial charge in [0.05, 0.1) is 23.9 Å². The van der Waals surface area contributed by atoms with E-state index in [-0.39, 0.29) is 0 Å². The van der Waals surface area contributed by atoms with E-state index in [0.29, 0.717) is 10.7 Å². The van der Waals surface area contributed by atoms with Gasteiger partial charge in [-0.2, -0.15) is 0 Å². The predicted octanol–water partition coefficient (Wildman–Crippen LogP) is 3.08. The number of carbonyl (C=O) groups is 1. The number of ether oxygens (including phenoxy) is 1. The Balaban J connectivity index is 2.16. The van der Waals surface area contributed by atoms with Crippen LogP contribution < -0.4 is 0 Å². The number of carbonyl (C=O) groups excluding carboxylic acids is 1. The lowest BCUT2D eigenvalue weighted by atomic mass is 10.1. The van der Waals surface area contributed by atoms with E-state index < -0.39 is 5.97 Å². The Morgan fingerprint density at radius 3 is 2.81 bits per heavy atom. The number of fused-ring (bicyclic) bond motifs is 1. The first-order chi connectivity index (χ1) is 10.1. The Bertz CT molecular complexity index is 842. The standard InChI is InChI=1S/C15H12ClN3O2/c1-19-12(4-10-8-18-14(16)5-13(10)19)9-3-11(7-17-6-9)15(20)21-2/h3-8H,1-2H3. The van der Waals surface area contributed by atoms with Gasteiger partial charge >= 0.3 is 5.97 Å². The van der Waals surface area contributed by atoms with Gasteiger partial charge in [0.15, 0.2) is 0 Å². The van der Waals surface area contributed by atoms with E-state index in [9.17, 15) is 4.79 Å². The van der Waals surface area contributed by atoms with Gasteiger partial charge in [-0.3, -0.25) is 4.98 Å². The van der Waals surface area contributed by atoms with Crippen LogP contribution >= 0.6 is 11.6 Å². The van der Waals surface area contributed by atoms with Gasteiger partial charge in [-0.25, -0.2) is 9.78 Å². The van der Waals surface area contributed by atoms with Crippen LogP contribution in [0.15, 0.2) is 36.8 Å². The lowest BCUT2D eigenvalue weighted by molar-refractivity contribution is 0.0600. The van der Waals surface area contributed by atoms with Crippen molar-refractivity contribution in [3.8, 4) is 11.3 Å². The molecule has 21 heavy (non-hydrogen) atoms. The SMILES string of the molecule is COC(=O)c1cncc(-c2cc3cnc(Cl)cc3n2C)c1. The summed E-state index contributed by atoms with van der Waals surface area (Å²) in [4.78, 5) is 19.8. The van der Waals surface area contributed by atoms with Gasteiger partial charge in [-0.1, -0.05) is 11.6 Å². The van der Waals surface area contributed by atoms with Crippen molar-refractivity contribution in [2.24, 2.45) is 7.05 Å². The average molecular weight is 302 g/mol. The zero-order chi connectivity index (χ0) is 15.0. The van der Waals surface area contributed by atoms with Gasteiger partial charge in [0.2, 0.25) is 0 Å². The maximum absolute atomic E-state index is 11.6. The molecule has 3 aromatic rings. The van der Waals surface area contributed by atoms with Crippen LogP contribution in [0.2, 0.25) is 5.15 Å². The van der Waals surface area contributed by atoms with Crippen LogP contribution in [0, 0.1) is 0 Å². The first-order valence-corrected chi connectivity index (χ1v) is 6.62. The highest BCUT2D eigenvalue weighted by atomic mass is 35.5. The molecule has 3 heterocycles. The molecule has 3 aromatic heterocycles. The summed E-state index contributed by atoms with van der Waals surface area (Å²) in [5.41, 5.74) is 3.13. The Morgan fingerprint density at radius 1 is 1.24 bits per heavy atom. The van der Waals surface area contributed by atoms with Gasteiger partial charge in [0.1, 0.15) is 5.15 Å². The van der Waals surface area contributed by atoms with Gasteiger partial charge in [0, 0.05) is 36.6 Å². The number of esters is 1. The monoisotopic (exact) mass is 301 g/mol. The van der Waals surface area contributed by atoms with Crippen LogP contribution in [0.3, 0.4) is 0 Å². The Hall–Kier alpha value is -2.40. The molecule has 0 aliphatic carbocycles. The molecule has 0 spiro atoms. The van der Waals surface area contributed by atoms with Gasteiger partial charge in [-0.15, -0.1) is 0 Å². The third kappa shape index (κ3) is 2.36. The van der Waals surface area contributed by atoms with Crippen molar-refractivity contribution in [1.29, 1.82) is 0 Å². The third-order valence-corrected chi connectivity index (χ3v) is 3.56. The van der Waals surface area contributed by atoms with Crippen molar-refractivity contribution in [3.63, 3.8) is 0 Å². The first kappa shape index (κ1) is 13.6. The first-order valence-electron chi connectivity index (χ1n) is 6.25. The summed E-state index contributed by atoms with van der Waals surface area (Å²) in [5.74, 6) is -0.409. The minimum atomic E-state index is -0.409. The highest BCUT2D eigenvalue weighted by molar-refractivity contribution is 6.30. The fraction of sp³-hybridized carbons (Fsp3) is 0.133. The number of aromatic nitrogens is 3. The fourth-order valence-electron chi connectivity index (χ4n) is 2.29. The molecule has 0 aliphatic heterocycles. The second-order valence-electron chi connectivity index (χ2n) is 4.61. The van der Waals surface area contributed by atoms with E-state index in [4.69, 9.17) is 16.3 Å². The molecule has 0 saturated carbocycles. The molecule has 0 N–H and O–H groups in total. The maximum Gasteiger partial charge on any atom is 0.339 e. The normalized spacial score (nSPS) is 10.8. The van der Waals surface area contributed by atoms with Crippen molar-refractivity contribution in [1.82, 2.24) is 14.5 Å². The summed E-state index contributed by atoms with van der Waals surface area (Å²) in [6, 6.07) is 5.54. The van der Waals surface area contributed by atoms with Crippen LogP contribution in [0.5, 0.6) is 0 Å². The lowest BCUT2D eigenvalue weighted by Crippen LogP contribution is -2.02. The second-order valence-corrected chi connectivity index (χ2v) is 5.00. The third-order valence-electron chi connectivity index (χ3n) is 3.35. The minimum absolute atomic E-state index is 0.409. The van der Waals surface area contributed by atoms with E-state index in [1.807, 2.05) is 17.7 Å².